The highest BCUT2D eigenvalue weighted by atomic mass is 16.2. The van der Waals surface area contributed by atoms with Gasteiger partial charge in [-0.15, -0.1) is 0 Å². The fraction of sp³-hybridized carbons (Fsp3) is 0.818. The normalized spacial score (nSPS) is 34.5. The minimum absolute atomic E-state index is 0.0360. The number of urea groups is 1. The van der Waals surface area contributed by atoms with Crippen molar-refractivity contribution in [3.63, 3.8) is 0 Å². The highest BCUT2D eigenvalue weighted by molar-refractivity contribution is 6.01. The summed E-state index contributed by atoms with van der Waals surface area (Å²) in [5.74, 6) is 1.43. The van der Waals surface area contributed by atoms with Gasteiger partial charge in [0.15, 0.2) is 0 Å². The Hall–Kier alpha value is -1.96. The molecule has 5 unspecified atom stereocenters. The number of carbonyl (C=O) groups excluding carboxylic acids is 2. The van der Waals surface area contributed by atoms with E-state index in [0.717, 1.165) is 24.5 Å². The van der Waals surface area contributed by atoms with Crippen molar-refractivity contribution in [1.29, 1.82) is 0 Å². The second-order valence-electron chi connectivity index (χ2n) is 10.6. The van der Waals surface area contributed by atoms with E-state index in [0.29, 0.717) is 19.5 Å². The predicted molar refractivity (Wildman–Crippen MR) is 120 cm³/mol. The molecule has 3 N–H and O–H groups in total. The van der Waals surface area contributed by atoms with Gasteiger partial charge in [0.1, 0.15) is 11.7 Å². The Morgan fingerprint density at radius 3 is 2.07 bits per heavy atom. The molecule has 0 aromatic rings. The van der Waals surface area contributed by atoms with E-state index in [9.17, 15) is 9.59 Å². The number of nitrogens with zero attached hydrogens (tertiary/aromatic N) is 4. The summed E-state index contributed by atoms with van der Waals surface area (Å²) in [6.07, 6.45) is 2.37. The Kier molecular flexibility index (Phi) is 6.02. The summed E-state index contributed by atoms with van der Waals surface area (Å²) < 4.78 is 0. The number of hydrogen-bond donors (Lipinski definition) is 2. The van der Waals surface area contributed by atoms with Crippen molar-refractivity contribution >= 4 is 23.6 Å². The maximum absolute atomic E-state index is 13.2. The molecular formula is C22H38N6O2. The summed E-state index contributed by atoms with van der Waals surface area (Å²) in [5, 5.41) is 3.20. The Bertz CT molecular complexity index is 776. The lowest BCUT2D eigenvalue weighted by Crippen LogP contribution is -2.59. The first kappa shape index (κ1) is 22.7. The summed E-state index contributed by atoms with van der Waals surface area (Å²) >= 11 is 0. The minimum Gasteiger partial charge on any atom is -0.335 e. The molecule has 0 aromatic heterocycles. The largest absolute Gasteiger partial charge is 0.335 e. The van der Waals surface area contributed by atoms with E-state index >= 15 is 0 Å². The first-order valence-corrected chi connectivity index (χ1v) is 11.1. The number of rotatable bonds is 3. The van der Waals surface area contributed by atoms with Gasteiger partial charge in [-0.25, -0.2) is 4.79 Å². The Balaban J connectivity index is 1.73. The van der Waals surface area contributed by atoms with Crippen LogP contribution in [0, 0.1) is 10.8 Å². The first-order chi connectivity index (χ1) is 13.8. The fourth-order valence-electron chi connectivity index (χ4n) is 5.73. The SMILES string of the molecule is CC1=NC(C)CN1C(=O)NC1CC(C)(C)CC(C)(C(N)C(=O)N2CC(C)N=C2C)C1. The van der Waals surface area contributed by atoms with E-state index in [1.807, 2.05) is 27.7 Å². The molecular weight excluding hydrogens is 380 g/mol. The number of nitrogens with two attached hydrogens (primary N) is 1. The number of carbonyl (C=O) groups is 2. The molecule has 2 aliphatic heterocycles. The zero-order chi connectivity index (χ0) is 22.4. The maximum Gasteiger partial charge on any atom is 0.323 e. The van der Waals surface area contributed by atoms with E-state index in [1.54, 1.807) is 9.80 Å². The molecule has 0 radical (unpaired) electrons. The molecule has 3 amide bonds. The predicted octanol–water partition coefficient (Wildman–Crippen LogP) is 2.38. The second kappa shape index (κ2) is 7.94. The standard InChI is InChI=1S/C22H38N6O2/c1-13-10-27(15(3)24-13)19(29)18(23)22(7)9-17(8-21(5,6)12-22)26-20(30)28-11-14(2)25-16(28)4/h13-14,17-18H,8-12,23H2,1-7H3,(H,26,30). The number of amidine groups is 2. The fourth-order valence-corrected chi connectivity index (χ4v) is 5.73. The molecule has 1 aliphatic carbocycles. The van der Waals surface area contributed by atoms with Gasteiger partial charge in [0.25, 0.3) is 0 Å². The molecule has 1 fully saturated rings. The van der Waals surface area contributed by atoms with Gasteiger partial charge in [-0.1, -0.05) is 20.8 Å². The van der Waals surface area contributed by atoms with Crippen LogP contribution in [0.1, 0.15) is 67.7 Å². The molecule has 0 bridgehead atoms. The molecule has 0 aromatic carbocycles. The summed E-state index contributed by atoms with van der Waals surface area (Å²) in [6.45, 7) is 15.4. The number of hydrogen-bond acceptors (Lipinski definition) is 5. The highest BCUT2D eigenvalue weighted by Gasteiger charge is 2.49. The third kappa shape index (κ3) is 4.53. The molecule has 8 heteroatoms. The zero-order valence-electron chi connectivity index (χ0n) is 19.5. The molecule has 0 spiro atoms. The van der Waals surface area contributed by atoms with Crippen molar-refractivity contribution in [2.45, 2.75) is 91.9 Å². The molecule has 30 heavy (non-hydrogen) atoms. The molecule has 5 atom stereocenters. The van der Waals surface area contributed by atoms with Gasteiger partial charge in [0.2, 0.25) is 5.91 Å². The van der Waals surface area contributed by atoms with Gasteiger partial charge < -0.3 is 11.1 Å². The van der Waals surface area contributed by atoms with Crippen LogP contribution >= 0.6 is 0 Å². The van der Waals surface area contributed by atoms with Crippen LogP contribution in [-0.2, 0) is 4.79 Å². The van der Waals surface area contributed by atoms with Crippen LogP contribution in [0.4, 0.5) is 4.79 Å². The summed E-state index contributed by atoms with van der Waals surface area (Å²) in [7, 11) is 0. The van der Waals surface area contributed by atoms with Crippen molar-refractivity contribution < 1.29 is 9.59 Å². The van der Waals surface area contributed by atoms with E-state index in [4.69, 9.17) is 5.73 Å². The van der Waals surface area contributed by atoms with Crippen molar-refractivity contribution in [2.24, 2.45) is 26.5 Å². The lowest BCUT2D eigenvalue weighted by atomic mass is 9.59. The Morgan fingerprint density at radius 1 is 1.03 bits per heavy atom. The Morgan fingerprint density at radius 2 is 1.57 bits per heavy atom. The summed E-state index contributed by atoms with van der Waals surface area (Å²) in [4.78, 5) is 38.5. The topological polar surface area (TPSA) is 103 Å². The van der Waals surface area contributed by atoms with Crippen LogP contribution in [0.5, 0.6) is 0 Å². The first-order valence-electron chi connectivity index (χ1n) is 11.1. The van der Waals surface area contributed by atoms with E-state index < -0.39 is 11.5 Å². The second-order valence-corrected chi connectivity index (χ2v) is 10.6. The number of amides is 3. The van der Waals surface area contributed by atoms with Crippen molar-refractivity contribution in [3.05, 3.63) is 0 Å². The molecule has 3 rings (SSSR count). The Labute approximate surface area is 180 Å². The number of aliphatic imine (C=N–C) groups is 2. The third-order valence-electron chi connectivity index (χ3n) is 6.74. The number of nitrogens with one attached hydrogen (secondary N) is 1. The van der Waals surface area contributed by atoms with Crippen LogP contribution in [0.3, 0.4) is 0 Å². The minimum atomic E-state index is -0.637. The lowest BCUT2D eigenvalue weighted by Gasteiger charge is -2.49. The third-order valence-corrected chi connectivity index (χ3v) is 6.74. The molecule has 0 saturated heterocycles. The van der Waals surface area contributed by atoms with Gasteiger partial charge >= 0.3 is 6.03 Å². The smallest absolute Gasteiger partial charge is 0.323 e. The van der Waals surface area contributed by atoms with Gasteiger partial charge in [-0.2, -0.15) is 0 Å². The van der Waals surface area contributed by atoms with Crippen LogP contribution in [0.2, 0.25) is 0 Å². The molecule has 168 valence electrons. The maximum atomic E-state index is 13.2. The van der Waals surface area contributed by atoms with Crippen molar-refractivity contribution in [3.8, 4) is 0 Å². The highest BCUT2D eigenvalue weighted by Crippen LogP contribution is 2.48. The quantitative estimate of drug-likeness (QED) is 0.735. The summed E-state index contributed by atoms with van der Waals surface area (Å²) in [5.41, 5.74) is 6.15. The molecule has 8 nitrogen and oxygen atoms in total. The van der Waals surface area contributed by atoms with Gasteiger partial charge in [0, 0.05) is 12.6 Å². The van der Waals surface area contributed by atoms with E-state index in [2.05, 4.69) is 36.1 Å². The average Bonchev–Trinajstić information content (AvgIpc) is 3.12. The molecule has 2 heterocycles. The van der Waals surface area contributed by atoms with E-state index in [1.165, 1.54) is 0 Å². The van der Waals surface area contributed by atoms with Gasteiger partial charge in [-0.05, 0) is 57.8 Å². The monoisotopic (exact) mass is 418 g/mol. The molecule has 1 saturated carbocycles. The van der Waals surface area contributed by atoms with Crippen LogP contribution in [0.25, 0.3) is 0 Å². The lowest BCUT2D eigenvalue weighted by molar-refractivity contribution is -0.133. The van der Waals surface area contributed by atoms with Gasteiger partial charge in [-0.3, -0.25) is 24.6 Å². The van der Waals surface area contributed by atoms with E-state index in [-0.39, 0.29) is 35.5 Å². The molecule has 3 aliphatic rings. The van der Waals surface area contributed by atoms with Crippen LogP contribution in [-0.4, -0.2) is 70.7 Å². The van der Waals surface area contributed by atoms with Crippen LogP contribution in [0.15, 0.2) is 9.98 Å². The van der Waals surface area contributed by atoms with Crippen molar-refractivity contribution in [2.75, 3.05) is 13.1 Å². The van der Waals surface area contributed by atoms with Crippen LogP contribution < -0.4 is 11.1 Å². The van der Waals surface area contributed by atoms with Gasteiger partial charge in [0.05, 0.1) is 24.7 Å². The van der Waals surface area contributed by atoms with Crippen molar-refractivity contribution in [1.82, 2.24) is 15.1 Å². The average molecular weight is 419 g/mol. The summed E-state index contributed by atoms with van der Waals surface area (Å²) in [6, 6.07) is -0.552. The zero-order valence-corrected chi connectivity index (χ0v) is 19.5.